The maximum Gasteiger partial charge on any atom is 0.416 e. The molecule has 2 aromatic rings. The average molecular weight is 267 g/mol. The Morgan fingerprint density at radius 3 is 2.42 bits per heavy atom. The van der Waals surface area contributed by atoms with Crippen molar-refractivity contribution < 1.29 is 13.2 Å². The normalized spacial score (nSPS) is 11.4. The maximum absolute atomic E-state index is 12.8. The number of aromatic nitrogens is 2. The van der Waals surface area contributed by atoms with Gasteiger partial charge in [0.25, 0.3) is 0 Å². The lowest BCUT2D eigenvalue weighted by Gasteiger charge is -2.13. The fourth-order valence-electron chi connectivity index (χ4n) is 1.63. The summed E-state index contributed by atoms with van der Waals surface area (Å²) in [7, 11) is 0. The van der Waals surface area contributed by atoms with Crippen LogP contribution in [-0.2, 0) is 12.7 Å². The van der Waals surface area contributed by atoms with Crippen LogP contribution < -0.4 is 5.32 Å². The number of rotatable bonds is 3. The summed E-state index contributed by atoms with van der Waals surface area (Å²) in [5, 5.41) is 10.5. The van der Waals surface area contributed by atoms with Gasteiger partial charge in [-0.1, -0.05) is 18.2 Å². The van der Waals surface area contributed by atoms with Crippen LogP contribution in [0.3, 0.4) is 0 Å². The second-order valence-corrected chi connectivity index (χ2v) is 4.07. The van der Waals surface area contributed by atoms with E-state index in [1.54, 1.807) is 25.1 Å². The Hall–Kier alpha value is -2.11. The SMILES string of the molecule is Cc1ccc(NCc2ccccc2C(F)(F)F)nn1. The van der Waals surface area contributed by atoms with Crippen molar-refractivity contribution in [3.05, 3.63) is 53.2 Å². The van der Waals surface area contributed by atoms with Crippen LogP contribution in [0.4, 0.5) is 19.0 Å². The fraction of sp³-hybridized carbons (Fsp3) is 0.231. The Kier molecular flexibility index (Phi) is 3.69. The van der Waals surface area contributed by atoms with Crippen molar-refractivity contribution in [2.45, 2.75) is 19.6 Å². The Balaban J connectivity index is 2.14. The highest BCUT2D eigenvalue weighted by Crippen LogP contribution is 2.31. The van der Waals surface area contributed by atoms with E-state index in [2.05, 4.69) is 15.5 Å². The minimum Gasteiger partial charge on any atom is -0.364 e. The first-order chi connectivity index (χ1) is 8.97. The molecule has 2 rings (SSSR count). The van der Waals surface area contributed by atoms with Gasteiger partial charge in [-0.25, -0.2) is 0 Å². The van der Waals surface area contributed by atoms with Crippen molar-refractivity contribution in [3.63, 3.8) is 0 Å². The number of alkyl halides is 3. The zero-order valence-corrected chi connectivity index (χ0v) is 10.2. The fourth-order valence-corrected chi connectivity index (χ4v) is 1.63. The van der Waals surface area contributed by atoms with E-state index < -0.39 is 11.7 Å². The van der Waals surface area contributed by atoms with Gasteiger partial charge in [0.1, 0.15) is 5.82 Å². The third kappa shape index (κ3) is 3.43. The monoisotopic (exact) mass is 267 g/mol. The zero-order chi connectivity index (χ0) is 13.9. The average Bonchev–Trinajstić information content (AvgIpc) is 2.37. The summed E-state index contributed by atoms with van der Waals surface area (Å²) >= 11 is 0. The lowest BCUT2D eigenvalue weighted by Crippen LogP contribution is -2.12. The van der Waals surface area contributed by atoms with Crippen LogP contribution >= 0.6 is 0 Å². The Morgan fingerprint density at radius 2 is 1.79 bits per heavy atom. The van der Waals surface area contributed by atoms with E-state index in [9.17, 15) is 13.2 Å². The molecule has 0 fully saturated rings. The molecule has 1 heterocycles. The van der Waals surface area contributed by atoms with E-state index in [1.165, 1.54) is 12.1 Å². The van der Waals surface area contributed by atoms with Gasteiger partial charge in [0.15, 0.2) is 0 Å². The van der Waals surface area contributed by atoms with Crippen molar-refractivity contribution in [1.29, 1.82) is 0 Å². The Morgan fingerprint density at radius 1 is 1.05 bits per heavy atom. The molecule has 0 bridgehead atoms. The number of hydrogen-bond donors (Lipinski definition) is 1. The second kappa shape index (κ2) is 5.26. The largest absolute Gasteiger partial charge is 0.416 e. The molecule has 0 atom stereocenters. The van der Waals surface area contributed by atoms with Gasteiger partial charge in [-0.15, -0.1) is 5.10 Å². The molecule has 19 heavy (non-hydrogen) atoms. The molecular formula is C13H12F3N3. The molecule has 0 saturated heterocycles. The van der Waals surface area contributed by atoms with Gasteiger partial charge in [0.05, 0.1) is 11.3 Å². The third-order valence-electron chi connectivity index (χ3n) is 2.58. The Bertz CT molecular complexity index is 550. The summed E-state index contributed by atoms with van der Waals surface area (Å²) in [5.74, 6) is 0.447. The van der Waals surface area contributed by atoms with E-state index in [4.69, 9.17) is 0 Å². The summed E-state index contributed by atoms with van der Waals surface area (Å²) in [5.41, 5.74) is 0.293. The van der Waals surface area contributed by atoms with Crippen LogP contribution in [0.1, 0.15) is 16.8 Å². The zero-order valence-electron chi connectivity index (χ0n) is 10.2. The minimum absolute atomic E-state index is 0.0490. The van der Waals surface area contributed by atoms with Crippen molar-refractivity contribution in [1.82, 2.24) is 10.2 Å². The second-order valence-electron chi connectivity index (χ2n) is 4.07. The predicted molar refractivity (Wildman–Crippen MR) is 65.5 cm³/mol. The van der Waals surface area contributed by atoms with Crippen LogP contribution in [0.15, 0.2) is 36.4 Å². The van der Waals surface area contributed by atoms with Crippen LogP contribution in [0.25, 0.3) is 0 Å². The summed E-state index contributed by atoms with van der Waals surface area (Å²) in [6, 6.07) is 8.88. The molecule has 3 nitrogen and oxygen atoms in total. The lowest BCUT2D eigenvalue weighted by atomic mass is 10.1. The van der Waals surface area contributed by atoms with Gasteiger partial charge in [-0.05, 0) is 30.7 Å². The number of benzene rings is 1. The van der Waals surface area contributed by atoms with Crippen molar-refractivity contribution in [2.24, 2.45) is 0 Å². The highest BCUT2D eigenvalue weighted by molar-refractivity contribution is 5.37. The molecule has 1 N–H and O–H groups in total. The number of nitrogens with zero attached hydrogens (tertiary/aromatic N) is 2. The molecule has 0 spiro atoms. The van der Waals surface area contributed by atoms with E-state index in [1.807, 2.05) is 0 Å². The van der Waals surface area contributed by atoms with Crippen LogP contribution in [0, 0.1) is 6.92 Å². The summed E-state index contributed by atoms with van der Waals surface area (Å²) in [6.45, 7) is 1.84. The molecule has 0 aliphatic carbocycles. The first kappa shape index (κ1) is 13.3. The predicted octanol–water partition coefficient (Wildman–Crippen LogP) is 3.42. The van der Waals surface area contributed by atoms with Gasteiger partial charge >= 0.3 is 6.18 Å². The van der Waals surface area contributed by atoms with Gasteiger partial charge in [-0.2, -0.15) is 18.3 Å². The van der Waals surface area contributed by atoms with Gasteiger partial charge in [0.2, 0.25) is 0 Å². The summed E-state index contributed by atoms with van der Waals surface area (Å²) in [6.07, 6.45) is -4.35. The van der Waals surface area contributed by atoms with E-state index in [0.29, 0.717) is 5.82 Å². The van der Waals surface area contributed by atoms with Crippen LogP contribution in [0.2, 0.25) is 0 Å². The lowest BCUT2D eigenvalue weighted by molar-refractivity contribution is -0.138. The maximum atomic E-state index is 12.8. The van der Waals surface area contributed by atoms with E-state index >= 15 is 0 Å². The number of hydrogen-bond acceptors (Lipinski definition) is 3. The molecule has 0 radical (unpaired) electrons. The number of halogens is 3. The molecule has 1 aromatic heterocycles. The molecule has 0 amide bonds. The highest BCUT2D eigenvalue weighted by atomic mass is 19.4. The highest BCUT2D eigenvalue weighted by Gasteiger charge is 2.32. The molecule has 0 aliphatic rings. The van der Waals surface area contributed by atoms with Crippen LogP contribution in [-0.4, -0.2) is 10.2 Å². The minimum atomic E-state index is -4.35. The van der Waals surface area contributed by atoms with Gasteiger partial charge < -0.3 is 5.32 Å². The van der Waals surface area contributed by atoms with Gasteiger partial charge in [-0.3, -0.25) is 0 Å². The third-order valence-corrected chi connectivity index (χ3v) is 2.58. The summed E-state index contributed by atoms with van der Waals surface area (Å²) < 4.78 is 38.3. The molecule has 0 saturated carbocycles. The van der Waals surface area contributed by atoms with Crippen LogP contribution in [0.5, 0.6) is 0 Å². The Labute approximate surface area is 108 Å². The molecule has 0 unspecified atom stereocenters. The number of anilines is 1. The molecule has 0 aliphatic heterocycles. The van der Waals surface area contributed by atoms with E-state index in [-0.39, 0.29) is 12.1 Å². The first-order valence-electron chi connectivity index (χ1n) is 5.66. The topological polar surface area (TPSA) is 37.8 Å². The number of aryl methyl sites for hydroxylation is 1. The molecule has 100 valence electrons. The standard InChI is InChI=1S/C13H12F3N3/c1-9-6-7-12(19-18-9)17-8-10-4-2-3-5-11(10)13(14,15)16/h2-7H,8H2,1H3,(H,17,19). The van der Waals surface area contributed by atoms with Gasteiger partial charge in [0, 0.05) is 6.54 Å². The van der Waals surface area contributed by atoms with Crippen molar-refractivity contribution in [3.8, 4) is 0 Å². The quantitative estimate of drug-likeness (QED) is 0.926. The first-order valence-corrected chi connectivity index (χ1v) is 5.66. The smallest absolute Gasteiger partial charge is 0.364 e. The van der Waals surface area contributed by atoms with Crippen molar-refractivity contribution in [2.75, 3.05) is 5.32 Å². The number of nitrogens with one attached hydrogen (secondary N) is 1. The molecular weight excluding hydrogens is 255 g/mol. The summed E-state index contributed by atoms with van der Waals surface area (Å²) in [4.78, 5) is 0. The molecule has 1 aromatic carbocycles. The van der Waals surface area contributed by atoms with Crippen molar-refractivity contribution >= 4 is 5.82 Å². The molecule has 6 heteroatoms. The van der Waals surface area contributed by atoms with E-state index in [0.717, 1.165) is 11.8 Å².